The number of esters is 1. The first-order valence-corrected chi connectivity index (χ1v) is 9.05. The molecule has 1 N–H and O–H groups in total. The maximum absolute atomic E-state index is 12.1. The Morgan fingerprint density at radius 2 is 1.82 bits per heavy atom. The van der Waals surface area contributed by atoms with Crippen LogP contribution >= 0.6 is 11.8 Å². The van der Waals surface area contributed by atoms with Gasteiger partial charge >= 0.3 is 5.97 Å². The van der Waals surface area contributed by atoms with Crippen LogP contribution in [-0.4, -0.2) is 36.7 Å². The van der Waals surface area contributed by atoms with Crippen molar-refractivity contribution in [3.05, 3.63) is 70.6 Å². The highest BCUT2D eigenvalue weighted by atomic mass is 32.2. The largest absolute Gasteiger partial charge is 0.482 e. The molecule has 2 aromatic rings. The Labute approximate surface area is 165 Å². The second-order valence-electron chi connectivity index (χ2n) is 5.59. The molecule has 1 aliphatic rings. The topological polar surface area (TPSA) is 94.1 Å². The number of carbonyl (C=O) groups excluding carboxylic acids is 3. The van der Waals surface area contributed by atoms with Crippen LogP contribution in [0.15, 0.2) is 64.5 Å². The summed E-state index contributed by atoms with van der Waals surface area (Å²) in [6.07, 6.45) is 1.68. The number of rotatable bonds is 5. The Bertz CT molecular complexity index is 952. The maximum Gasteiger partial charge on any atom is 0.343 e. The molecular weight excluding hydrogens is 380 g/mol. The van der Waals surface area contributed by atoms with Crippen molar-refractivity contribution in [2.24, 2.45) is 4.99 Å². The summed E-state index contributed by atoms with van der Waals surface area (Å²) in [6.45, 7) is -0.176. The smallest absolute Gasteiger partial charge is 0.343 e. The number of methoxy groups -OCH3 is 1. The fraction of sp³-hybridized carbons (Fsp3) is 0.100. The van der Waals surface area contributed by atoms with Gasteiger partial charge in [0.05, 0.1) is 12.0 Å². The highest BCUT2D eigenvalue weighted by Crippen LogP contribution is 2.27. The molecule has 0 saturated carbocycles. The van der Waals surface area contributed by atoms with E-state index in [9.17, 15) is 14.4 Å². The molecule has 7 nitrogen and oxygen atoms in total. The minimum Gasteiger partial charge on any atom is -0.482 e. The summed E-state index contributed by atoms with van der Waals surface area (Å²) in [5.41, 5.74) is 1.21. The lowest BCUT2D eigenvalue weighted by Crippen LogP contribution is -2.20. The molecule has 0 atom stereocenters. The monoisotopic (exact) mass is 396 g/mol. The Hall–Kier alpha value is -3.39. The molecule has 28 heavy (non-hydrogen) atoms. The summed E-state index contributed by atoms with van der Waals surface area (Å²) in [5.74, 6) is -0.707. The van der Waals surface area contributed by atoms with E-state index in [2.05, 4.69) is 15.0 Å². The van der Waals surface area contributed by atoms with Crippen LogP contribution < -0.4 is 10.1 Å². The van der Waals surface area contributed by atoms with Gasteiger partial charge in [-0.15, -0.1) is 0 Å². The zero-order valence-electron chi connectivity index (χ0n) is 14.9. The van der Waals surface area contributed by atoms with Crippen molar-refractivity contribution in [1.29, 1.82) is 0 Å². The van der Waals surface area contributed by atoms with Crippen molar-refractivity contribution < 1.29 is 23.9 Å². The lowest BCUT2D eigenvalue weighted by atomic mass is 10.2. The van der Waals surface area contributed by atoms with Gasteiger partial charge in [0.15, 0.2) is 11.8 Å². The number of amidine groups is 1. The van der Waals surface area contributed by atoms with E-state index in [4.69, 9.17) is 4.74 Å². The first kappa shape index (κ1) is 19.4. The average Bonchev–Trinajstić information content (AvgIpc) is 3.06. The number of carbonyl (C=O) groups is 3. The molecule has 1 fully saturated rings. The van der Waals surface area contributed by atoms with E-state index in [-0.39, 0.29) is 17.7 Å². The number of nitrogens with one attached hydrogen (secondary N) is 1. The van der Waals surface area contributed by atoms with Gasteiger partial charge in [-0.1, -0.05) is 30.3 Å². The van der Waals surface area contributed by atoms with Crippen LogP contribution in [0.4, 0.5) is 0 Å². The predicted molar refractivity (Wildman–Crippen MR) is 106 cm³/mol. The van der Waals surface area contributed by atoms with Gasteiger partial charge in [-0.3, -0.25) is 9.59 Å². The molecule has 0 spiro atoms. The molecular formula is C20H16N2O5S. The fourth-order valence-corrected chi connectivity index (χ4v) is 3.05. The zero-order chi connectivity index (χ0) is 19.9. The molecule has 1 aliphatic heterocycles. The third-order valence-electron chi connectivity index (χ3n) is 3.64. The van der Waals surface area contributed by atoms with Gasteiger partial charge < -0.3 is 14.8 Å². The molecule has 0 unspecified atom stereocenters. The van der Waals surface area contributed by atoms with Crippen molar-refractivity contribution in [1.82, 2.24) is 5.32 Å². The van der Waals surface area contributed by atoms with E-state index in [1.54, 1.807) is 54.6 Å². The van der Waals surface area contributed by atoms with Gasteiger partial charge in [0.1, 0.15) is 5.75 Å². The van der Waals surface area contributed by atoms with E-state index in [1.807, 2.05) is 6.07 Å². The molecule has 8 heteroatoms. The molecule has 0 aliphatic carbocycles. The first-order chi connectivity index (χ1) is 13.5. The van der Waals surface area contributed by atoms with Gasteiger partial charge in [0.2, 0.25) is 0 Å². The molecule has 3 rings (SSSR count). The summed E-state index contributed by atoms with van der Waals surface area (Å²) < 4.78 is 9.78. The highest BCUT2D eigenvalue weighted by molar-refractivity contribution is 8.18. The Morgan fingerprint density at radius 1 is 1.11 bits per heavy atom. The second kappa shape index (κ2) is 9.01. The third-order valence-corrected chi connectivity index (χ3v) is 4.55. The summed E-state index contributed by atoms with van der Waals surface area (Å²) in [4.78, 5) is 39.7. The van der Waals surface area contributed by atoms with Crippen LogP contribution in [0, 0.1) is 0 Å². The summed E-state index contributed by atoms with van der Waals surface area (Å²) >= 11 is 1.10. The first-order valence-electron chi connectivity index (χ1n) is 8.24. The van der Waals surface area contributed by atoms with E-state index < -0.39 is 11.9 Å². The summed E-state index contributed by atoms with van der Waals surface area (Å²) in [6, 6.07) is 15.5. The fourth-order valence-electron chi connectivity index (χ4n) is 2.23. The van der Waals surface area contributed by atoms with Crippen LogP contribution in [0.5, 0.6) is 5.75 Å². The number of hydrogen-bond acceptors (Lipinski definition) is 6. The van der Waals surface area contributed by atoms with Gasteiger partial charge in [-0.25, -0.2) is 4.79 Å². The Morgan fingerprint density at radius 3 is 2.50 bits per heavy atom. The Kier molecular flexibility index (Phi) is 6.23. The second-order valence-corrected chi connectivity index (χ2v) is 6.62. The number of hydrogen-bond donors (Lipinski definition) is 1. The average molecular weight is 396 g/mol. The van der Waals surface area contributed by atoms with Crippen molar-refractivity contribution >= 4 is 40.8 Å². The van der Waals surface area contributed by atoms with Crippen molar-refractivity contribution in [2.75, 3.05) is 13.7 Å². The van der Waals surface area contributed by atoms with Crippen molar-refractivity contribution in [2.45, 2.75) is 0 Å². The lowest BCUT2D eigenvalue weighted by Gasteiger charge is -2.04. The van der Waals surface area contributed by atoms with Crippen LogP contribution in [0.25, 0.3) is 6.08 Å². The number of amides is 2. The molecule has 1 heterocycles. The van der Waals surface area contributed by atoms with Crippen LogP contribution in [-0.2, 0) is 14.3 Å². The predicted octanol–water partition coefficient (Wildman–Crippen LogP) is 2.64. The highest BCUT2D eigenvalue weighted by Gasteiger charge is 2.24. The number of aliphatic imine (C=N–C) groups is 1. The lowest BCUT2D eigenvalue weighted by molar-refractivity contribution is -0.142. The molecule has 1 saturated heterocycles. The third kappa shape index (κ3) is 5.08. The zero-order valence-corrected chi connectivity index (χ0v) is 15.7. The normalized spacial score (nSPS) is 16.1. The Balaban J connectivity index is 1.66. The van der Waals surface area contributed by atoms with Crippen LogP contribution in [0.1, 0.15) is 15.9 Å². The van der Waals surface area contributed by atoms with E-state index in [0.29, 0.717) is 16.2 Å². The molecule has 142 valence electrons. The van der Waals surface area contributed by atoms with Gasteiger partial charge in [0.25, 0.3) is 11.8 Å². The van der Waals surface area contributed by atoms with Crippen molar-refractivity contribution in [3.8, 4) is 5.75 Å². The van der Waals surface area contributed by atoms with Crippen LogP contribution in [0.3, 0.4) is 0 Å². The van der Waals surface area contributed by atoms with Crippen molar-refractivity contribution in [3.63, 3.8) is 0 Å². The molecule has 0 radical (unpaired) electrons. The number of thioether (sulfide) groups is 1. The number of nitrogens with zero attached hydrogens (tertiary/aromatic N) is 1. The summed E-state index contributed by atoms with van der Waals surface area (Å²) in [7, 11) is 1.29. The number of benzene rings is 2. The van der Waals surface area contributed by atoms with Crippen LogP contribution in [0.2, 0.25) is 0 Å². The molecule has 2 aromatic carbocycles. The van der Waals surface area contributed by atoms with Gasteiger partial charge in [-0.2, -0.15) is 4.99 Å². The van der Waals surface area contributed by atoms with E-state index in [1.165, 1.54) is 7.11 Å². The van der Waals surface area contributed by atoms with Gasteiger partial charge in [0, 0.05) is 5.56 Å². The standard InChI is InChI=1S/C20H16N2O5S/c1-26-17(23)12-27-15-9-7-13(8-10-15)11-16-19(25)22-20(28-16)21-18(24)14-5-3-2-4-6-14/h2-11H,12H2,1H3,(H,21,22,24,25)/b16-11-. The molecule has 2 amide bonds. The minimum atomic E-state index is -0.470. The van der Waals surface area contributed by atoms with Gasteiger partial charge in [-0.05, 0) is 47.7 Å². The quantitative estimate of drug-likeness (QED) is 0.617. The van der Waals surface area contributed by atoms with E-state index in [0.717, 1.165) is 17.3 Å². The van der Waals surface area contributed by atoms with E-state index >= 15 is 0 Å². The molecule has 0 aromatic heterocycles. The SMILES string of the molecule is COC(=O)COc1ccc(/C=C2\SC(=NC(=O)c3ccccc3)NC2=O)cc1. The minimum absolute atomic E-state index is 0.176. The maximum atomic E-state index is 12.1. The summed E-state index contributed by atoms with van der Waals surface area (Å²) in [5, 5.41) is 2.82. The molecule has 0 bridgehead atoms. The number of ether oxygens (including phenoxy) is 2.